The van der Waals surface area contributed by atoms with Gasteiger partial charge in [0, 0.05) is 39.6 Å². The van der Waals surface area contributed by atoms with Crippen LogP contribution in [-0.2, 0) is 18.4 Å². The molecular formula is C19H35N7O. The largest absolute Gasteiger partial charge is 0.356 e. The Balaban J connectivity index is 1.81. The van der Waals surface area contributed by atoms with Crippen molar-refractivity contribution in [1.82, 2.24) is 30.3 Å². The van der Waals surface area contributed by atoms with Crippen molar-refractivity contribution in [2.75, 3.05) is 26.2 Å². The molecule has 27 heavy (non-hydrogen) atoms. The zero-order chi connectivity index (χ0) is 19.5. The van der Waals surface area contributed by atoms with E-state index in [1.54, 1.807) is 0 Å². The van der Waals surface area contributed by atoms with Crippen molar-refractivity contribution in [1.29, 1.82) is 0 Å². The highest BCUT2D eigenvalue weighted by Crippen LogP contribution is 2.11. The summed E-state index contributed by atoms with van der Waals surface area (Å²) in [7, 11) is 1.95. The number of amides is 1. The van der Waals surface area contributed by atoms with E-state index in [-0.39, 0.29) is 0 Å². The minimum atomic E-state index is 0.306. The molecule has 1 saturated heterocycles. The first-order valence-electron chi connectivity index (χ1n) is 10.3. The van der Waals surface area contributed by atoms with Crippen LogP contribution in [-0.4, -0.2) is 57.7 Å². The Morgan fingerprint density at radius 1 is 1.15 bits per heavy atom. The van der Waals surface area contributed by atoms with Crippen molar-refractivity contribution in [3.8, 4) is 0 Å². The van der Waals surface area contributed by atoms with E-state index in [1.807, 2.05) is 23.4 Å². The van der Waals surface area contributed by atoms with Crippen molar-refractivity contribution in [2.45, 2.75) is 65.3 Å². The molecule has 8 heteroatoms. The fraction of sp³-hybridized carbons (Fsp3) is 0.789. The number of aryl methyl sites for hydroxylation is 1. The van der Waals surface area contributed by atoms with Crippen molar-refractivity contribution in [2.24, 2.45) is 12.0 Å². The van der Waals surface area contributed by atoms with E-state index in [4.69, 9.17) is 0 Å². The van der Waals surface area contributed by atoms with Gasteiger partial charge in [-0.3, -0.25) is 4.79 Å². The number of hydrogen-bond acceptors (Lipinski definition) is 4. The van der Waals surface area contributed by atoms with Gasteiger partial charge in [-0.15, -0.1) is 10.2 Å². The van der Waals surface area contributed by atoms with E-state index in [0.29, 0.717) is 18.9 Å². The number of carbonyl (C=O) groups is 1. The van der Waals surface area contributed by atoms with Gasteiger partial charge in [0.2, 0.25) is 5.91 Å². The van der Waals surface area contributed by atoms with Crippen LogP contribution in [0.25, 0.3) is 0 Å². The van der Waals surface area contributed by atoms with Gasteiger partial charge in [-0.05, 0) is 32.6 Å². The van der Waals surface area contributed by atoms with Gasteiger partial charge in [0.15, 0.2) is 11.8 Å². The number of likely N-dealkylation sites (tertiary alicyclic amines) is 1. The summed E-state index contributed by atoms with van der Waals surface area (Å²) >= 11 is 0. The number of aliphatic imine (C=N–C) groups is 1. The molecule has 0 spiro atoms. The summed E-state index contributed by atoms with van der Waals surface area (Å²) in [5.74, 6) is 2.83. The van der Waals surface area contributed by atoms with E-state index in [1.165, 1.54) is 6.42 Å². The molecule has 1 aliphatic rings. The van der Waals surface area contributed by atoms with Gasteiger partial charge in [0.05, 0.1) is 0 Å². The number of nitrogens with zero attached hydrogens (tertiary/aromatic N) is 5. The molecule has 1 aromatic heterocycles. The van der Waals surface area contributed by atoms with Crippen LogP contribution in [0.15, 0.2) is 4.99 Å². The van der Waals surface area contributed by atoms with Gasteiger partial charge in [-0.2, -0.15) is 0 Å². The Labute approximate surface area is 162 Å². The minimum absolute atomic E-state index is 0.306. The third-order valence-corrected chi connectivity index (χ3v) is 4.95. The van der Waals surface area contributed by atoms with E-state index < -0.39 is 0 Å². The number of nitrogens with one attached hydrogen (secondary N) is 2. The molecule has 1 aliphatic heterocycles. The van der Waals surface area contributed by atoms with Crippen LogP contribution in [0.4, 0.5) is 0 Å². The Morgan fingerprint density at radius 2 is 1.93 bits per heavy atom. The summed E-state index contributed by atoms with van der Waals surface area (Å²) in [6, 6.07) is 0. The second kappa shape index (κ2) is 11.6. The highest BCUT2D eigenvalue weighted by atomic mass is 16.2. The van der Waals surface area contributed by atoms with Crippen LogP contribution in [0.3, 0.4) is 0 Å². The second-order valence-corrected chi connectivity index (χ2v) is 7.14. The molecule has 0 atom stereocenters. The fourth-order valence-corrected chi connectivity index (χ4v) is 3.05. The summed E-state index contributed by atoms with van der Waals surface area (Å²) in [5.41, 5.74) is 0. The minimum Gasteiger partial charge on any atom is -0.356 e. The SMILES string of the molecule is CCCCNC(=NCc1nnc(C)n1C)NCCCN1CCCCCC1=O. The lowest BCUT2D eigenvalue weighted by Gasteiger charge is -2.21. The topological polar surface area (TPSA) is 87.4 Å². The van der Waals surface area contributed by atoms with Crippen LogP contribution in [0.2, 0.25) is 0 Å². The number of unbranched alkanes of at least 4 members (excludes halogenated alkanes) is 1. The smallest absolute Gasteiger partial charge is 0.222 e. The summed E-state index contributed by atoms with van der Waals surface area (Å²) in [5, 5.41) is 15.0. The molecule has 0 unspecified atom stereocenters. The highest BCUT2D eigenvalue weighted by molar-refractivity contribution is 5.79. The average molecular weight is 378 g/mol. The molecule has 1 aromatic rings. The molecule has 0 aromatic carbocycles. The van der Waals surface area contributed by atoms with Crippen molar-refractivity contribution in [3.05, 3.63) is 11.6 Å². The summed E-state index contributed by atoms with van der Waals surface area (Å²) in [6.07, 6.45) is 7.19. The van der Waals surface area contributed by atoms with Crippen LogP contribution < -0.4 is 10.6 Å². The van der Waals surface area contributed by atoms with E-state index in [9.17, 15) is 4.79 Å². The molecule has 8 nitrogen and oxygen atoms in total. The van der Waals surface area contributed by atoms with E-state index >= 15 is 0 Å². The van der Waals surface area contributed by atoms with Crippen LogP contribution in [0.1, 0.15) is 63.5 Å². The standard InChI is InChI=1S/C19H35N7O/c1-4-5-11-20-19(22-15-17-24-23-16(2)25(17)3)21-12-9-14-26-13-8-6-7-10-18(26)27/h4-15H2,1-3H3,(H2,20,21,22). The van der Waals surface area contributed by atoms with Gasteiger partial charge in [-0.25, -0.2) is 4.99 Å². The first-order chi connectivity index (χ1) is 13.1. The third kappa shape index (κ3) is 7.19. The van der Waals surface area contributed by atoms with Crippen molar-refractivity contribution < 1.29 is 4.79 Å². The number of rotatable bonds is 9. The molecule has 0 saturated carbocycles. The predicted molar refractivity (Wildman–Crippen MR) is 107 cm³/mol. The maximum Gasteiger partial charge on any atom is 0.222 e. The Hall–Kier alpha value is -2.12. The first kappa shape index (κ1) is 21.2. The molecule has 2 N–H and O–H groups in total. The van der Waals surface area contributed by atoms with Gasteiger partial charge in [0.25, 0.3) is 0 Å². The molecule has 2 heterocycles. The first-order valence-corrected chi connectivity index (χ1v) is 10.3. The predicted octanol–water partition coefficient (Wildman–Crippen LogP) is 1.75. The van der Waals surface area contributed by atoms with Crippen LogP contribution in [0.5, 0.6) is 0 Å². The Kier molecular flexibility index (Phi) is 9.07. The van der Waals surface area contributed by atoms with Gasteiger partial charge >= 0.3 is 0 Å². The number of carbonyl (C=O) groups excluding carboxylic acids is 1. The normalized spacial score (nSPS) is 15.7. The lowest BCUT2D eigenvalue weighted by atomic mass is 10.2. The molecule has 0 aliphatic carbocycles. The number of guanidine groups is 1. The van der Waals surface area contributed by atoms with Crippen LogP contribution >= 0.6 is 0 Å². The fourth-order valence-electron chi connectivity index (χ4n) is 3.05. The second-order valence-electron chi connectivity index (χ2n) is 7.14. The highest BCUT2D eigenvalue weighted by Gasteiger charge is 2.15. The van der Waals surface area contributed by atoms with Crippen molar-refractivity contribution >= 4 is 11.9 Å². The maximum atomic E-state index is 12.1. The van der Waals surface area contributed by atoms with E-state index in [0.717, 1.165) is 75.9 Å². The summed E-state index contributed by atoms with van der Waals surface area (Å²) in [4.78, 5) is 18.7. The lowest BCUT2D eigenvalue weighted by Crippen LogP contribution is -2.40. The van der Waals surface area contributed by atoms with E-state index in [2.05, 4.69) is 32.7 Å². The molecule has 1 amide bonds. The van der Waals surface area contributed by atoms with Gasteiger partial charge in [0.1, 0.15) is 12.4 Å². The lowest BCUT2D eigenvalue weighted by molar-refractivity contribution is -0.130. The molecule has 0 bridgehead atoms. The van der Waals surface area contributed by atoms with Crippen molar-refractivity contribution in [3.63, 3.8) is 0 Å². The summed E-state index contributed by atoms with van der Waals surface area (Å²) in [6.45, 7) is 8.00. The molecule has 1 fully saturated rings. The molecule has 0 radical (unpaired) electrons. The molecule has 152 valence electrons. The summed E-state index contributed by atoms with van der Waals surface area (Å²) < 4.78 is 1.96. The van der Waals surface area contributed by atoms with Gasteiger partial charge < -0.3 is 20.1 Å². The van der Waals surface area contributed by atoms with Gasteiger partial charge in [-0.1, -0.05) is 19.8 Å². The average Bonchev–Trinajstić information content (AvgIpc) is 2.85. The quantitative estimate of drug-likeness (QED) is 0.389. The monoisotopic (exact) mass is 377 g/mol. The number of aromatic nitrogens is 3. The van der Waals surface area contributed by atoms with Crippen LogP contribution in [0, 0.1) is 6.92 Å². The Morgan fingerprint density at radius 3 is 2.63 bits per heavy atom. The number of hydrogen-bond donors (Lipinski definition) is 2. The molecule has 2 rings (SSSR count). The Bertz CT molecular complexity index is 611. The third-order valence-electron chi connectivity index (χ3n) is 4.95. The molecular weight excluding hydrogens is 342 g/mol. The zero-order valence-corrected chi connectivity index (χ0v) is 17.1. The zero-order valence-electron chi connectivity index (χ0n) is 17.1. The maximum absolute atomic E-state index is 12.1.